The molecule has 1 aromatic rings. The van der Waals surface area contributed by atoms with Gasteiger partial charge in [0, 0.05) is 26.3 Å². The molecule has 16 heavy (non-hydrogen) atoms. The van der Waals surface area contributed by atoms with Gasteiger partial charge >= 0.3 is 0 Å². The van der Waals surface area contributed by atoms with Crippen molar-refractivity contribution in [3.05, 3.63) is 18.0 Å². The van der Waals surface area contributed by atoms with Crippen LogP contribution in [0.15, 0.2) is 12.3 Å². The zero-order valence-corrected chi connectivity index (χ0v) is 9.88. The minimum absolute atomic E-state index is 0.0296. The number of rotatable bonds is 1. The quantitative estimate of drug-likeness (QED) is 0.703. The number of amides is 1. The van der Waals surface area contributed by atoms with Crippen molar-refractivity contribution in [3.63, 3.8) is 0 Å². The third-order valence-corrected chi connectivity index (χ3v) is 2.75. The molecule has 1 aliphatic heterocycles. The number of morpholine rings is 1. The van der Waals surface area contributed by atoms with Crippen LogP contribution in [0.3, 0.4) is 0 Å². The first-order chi connectivity index (χ1) is 7.58. The summed E-state index contributed by atoms with van der Waals surface area (Å²) in [4.78, 5) is 14.0. The topological polar surface area (TPSA) is 47.4 Å². The number of hydrogen-bond donors (Lipinski definition) is 0. The molecule has 0 aromatic carbocycles. The van der Waals surface area contributed by atoms with Crippen LogP contribution in [0.4, 0.5) is 0 Å². The smallest absolute Gasteiger partial charge is 0.272 e. The highest BCUT2D eigenvalue weighted by atomic mass is 16.5. The van der Waals surface area contributed by atoms with Crippen LogP contribution in [0, 0.1) is 0 Å². The van der Waals surface area contributed by atoms with Gasteiger partial charge in [0.25, 0.3) is 5.91 Å². The first-order valence-corrected chi connectivity index (χ1v) is 5.50. The van der Waals surface area contributed by atoms with E-state index >= 15 is 0 Å². The number of carbonyl (C=O) groups is 1. The fourth-order valence-corrected chi connectivity index (χ4v) is 2.09. The molecular weight excluding hydrogens is 206 g/mol. The first kappa shape index (κ1) is 11.1. The average molecular weight is 223 g/mol. The Bertz CT molecular complexity index is 378. The minimum atomic E-state index is 0.0296. The second-order valence-electron chi connectivity index (χ2n) is 4.31. The first-order valence-electron chi connectivity index (χ1n) is 5.50. The molecule has 1 aliphatic rings. The zero-order chi connectivity index (χ0) is 11.7. The van der Waals surface area contributed by atoms with Crippen molar-refractivity contribution in [1.29, 1.82) is 0 Å². The summed E-state index contributed by atoms with van der Waals surface area (Å²) >= 11 is 0. The highest BCUT2D eigenvalue weighted by Gasteiger charge is 2.27. The SMILES string of the molecule is CC1CN(C(=O)c2ccnn2C)CC(C)O1. The summed E-state index contributed by atoms with van der Waals surface area (Å²) in [5, 5.41) is 4.01. The molecular formula is C11H17N3O2. The Kier molecular flexibility index (Phi) is 2.96. The molecule has 0 bridgehead atoms. The van der Waals surface area contributed by atoms with E-state index in [4.69, 9.17) is 4.74 Å². The number of hydrogen-bond acceptors (Lipinski definition) is 3. The maximum atomic E-state index is 12.2. The van der Waals surface area contributed by atoms with E-state index in [1.165, 1.54) is 0 Å². The van der Waals surface area contributed by atoms with E-state index in [9.17, 15) is 4.79 Å². The Labute approximate surface area is 95.0 Å². The molecule has 2 atom stereocenters. The number of ether oxygens (including phenoxy) is 1. The largest absolute Gasteiger partial charge is 0.372 e. The summed E-state index contributed by atoms with van der Waals surface area (Å²) < 4.78 is 7.20. The summed E-state index contributed by atoms with van der Waals surface area (Å²) in [6.45, 7) is 5.26. The molecule has 1 aromatic heterocycles. The fraction of sp³-hybridized carbons (Fsp3) is 0.636. The van der Waals surface area contributed by atoms with Gasteiger partial charge in [-0.2, -0.15) is 5.10 Å². The molecule has 0 N–H and O–H groups in total. The molecule has 1 saturated heterocycles. The van der Waals surface area contributed by atoms with Crippen molar-refractivity contribution >= 4 is 5.91 Å². The Morgan fingerprint density at radius 3 is 2.56 bits per heavy atom. The van der Waals surface area contributed by atoms with Gasteiger partial charge in [-0.15, -0.1) is 0 Å². The molecule has 2 unspecified atom stereocenters. The lowest BCUT2D eigenvalue weighted by Crippen LogP contribution is -2.48. The van der Waals surface area contributed by atoms with E-state index < -0.39 is 0 Å². The molecule has 1 fully saturated rings. The van der Waals surface area contributed by atoms with Gasteiger partial charge in [0.05, 0.1) is 12.2 Å². The number of aromatic nitrogens is 2. The van der Waals surface area contributed by atoms with Crippen LogP contribution < -0.4 is 0 Å². The van der Waals surface area contributed by atoms with Crippen molar-refractivity contribution in [2.75, 3.05) is 13.1 Å². The molecule has 0 spiro atoms. The third kappa shape index (κ3) is 2.09. The van der Waals surface area contributed by atoms with Crippen LogP contribution in [0.5, 0.6) is 0 Å². The van der Waals surface area contributed by atoms with Gasteiger partial charge in [0.15, 0.2) is 0 Å². The molecule has 5 nitrogen and oxygen atoms in total. The lowest BCUT2D eigenvalue weighted by atomic mass is 10.2. The Morgan fingerprint density at radius 2 is 2.06 bits per heavy atom. The maximum Gasteiger partial charge on any atom is 0.272 e. The van der Waals surface area contributed by atoms with E-state index in [-0.39, 0.29) is 18.1 Å². The number of nitrogens with zero attached hydrogens (tertiary/aromatic N) is 3. The predicted molar refractivity (Wildman–Crippen MR) is 59.1 cm³/mol. The van der Waals surface area contributed by atoms with Gasteiger partial charge in [0.2, 0.25) is 0 Å². The van der Waals surface area contributed by atoms with Gasteiger partial charge in [-0.3, -0.25) is 9.48 Å². The molecule has 2 rings (SSSR count). The summed E-state index contributed by atoms with van der Waals surface area (Å²) in [5.74, 6) is 0.0296. The van der Waals surface area contributed by atoms with Crippen molar-refractivity contribution < 1.29 is 9.53 Å². The second-order valence-corrected chi connectivity index (χ2v) is 4.31. The van der Waals surface area contributed by atoms with Crippen LogP contribution in [-0.4, -0.2) is 45.9 Å². The molecule has 1 amide bonds. The van der Waals surface area contributed by atoms with Gasteiger partial charge in [-0.05, 0) is 19.9 Å². The molecule has 2 heterocycles. The van der Waals surface area contributed by atoms with Gasteiger partial charge in [-0.1, -0.05) is 0 Å². The van der Waals surface area contributed by atoms with E-state index in [1.807, 2.05) is 18.7 Å². The molecule has 5 heteroatoms. The predicted octanol–water partition coefficient (Wildman–Crippen LogP) is 0.669. The minimum Gasteiger partial charge on any atom is -0.372 e. The Morgan fingerprint density at radius 1 is 1.44 bits per heavy atom. The van der Waals surface area contributed by atoms with Crippen LogP contribution in [0.1, 0.15) is 24.3 Å². The van der Waals surface area contributed by atoms with Crippen molar-refractivity contribution in [2.45, 2.75) is 26.1 Å². The number of aryl methyl sites for hydroxylation is 1. The summed E-state index contributed by atoms with van der Waals surface area (Å²) in [5.41, 5.74) is 0.626. The van der Waals surface area contributed by atoms with Crippen molar-refractivity contribution in [2.24, 2.45) is 7.05 Å². The average Bonchev–Trinajstić information content (AvgIpc) is 2.62. The molecule has 0 radical (unpaired) electrons. The zero-order valence-electron chi connectivity index (χ0n) is 9.88. The summed E-state index contributed by atoms with van der Waals surface area (Å²) in [6, 6.07) is 1.74. The molecule has 0 aliphatic carbocycles. The molecule has 88 valence electrons. The van der Waals surface area contributed by atoms with Crippen LogP contribution >= 0.6 is 0 Å². The monoisotopic (exact) mass is 223 g/mol. The van der Waals surface area contributed by atoms with Crippen molar-refractivity contribution in [1.82, 2.24) is 14.7 Å². The maximum absolute atomic E-state index is 12.2. The van der Waals surface area contributed by atoms with Crippen LogP contribution in [-0.2, 0) is 11.8 Å². The van der Waals surface area contributed by atoms with Gasteiger partial charge in [-0.25, -0.2) is 0 Å². The standard InChI is InChI=1S/C11H17N3O2/c1-8-6-14(7-9(2)16-8)11(15)10-4-5-12-13(10)3/h4-5,8-9H,6-7H2,1-3H3. The lowest BCUT2D eigenvalue weighted by molar-refractivity contribution is -0.0588. The van der Waals surface area contributed by atoms with Gasteiger partial charge < -0.3 is 9.64 Å². The van der Waals surface area contributed by atoms with E-state index in [0.717, 1.165) is 0 Å². The third-order valence-electron chi connectivity index (χ3n) is 2.75. The fourth-order valence-electron chi connectivity index (χ4n) is 2.09. The number of carbonyl (C=O) groups excluding carboxylic acids is 1. The summed E-state index contributed by atoms with van der Waals surface area (Å²) in [7, 11) is 1.78. The highest BCUT2D eigenvalue weighted by Crippen LogP contribution is 2.13. The molecule has 0 saturated carbocycles. The lowest BCUT2D eigenvalue weighted by Gasteiger charge is -2.35. The Hall–Kier alpha value is -1.36. The van der Waals surface area contributed by atoms with Gasteiger partial charge in [0.1, 0.15) is 5.69 Å². The van der Waals surface area contributed by atoms with E-state index in [1.54, 1.807) is 24.0 Å². The van der Waals surface area contributed by atoms with E-state index in [2.05, 4.69) is 5.10 Å². The normalized spacial score (nSPS) is 25.8. The van der Waals surface area contributed by atoms with Crippen LogP contribution in [0.2, 0.25) is 0 Å². The van der Waals surface area contributed by atoms with Crippen LogP contribution in [0.25, 0.3) is 0 Å². The van der Waals surface area contributed by atoms with Crippen molar-refractivity contribution in [3.8, 4) is 0 Å². The Balaban J connectivity index is 2.13. The summed E-state index contributed by atoms with van der Waals surface area (Å²) in [6.07, 6.45) is 1.84. The van der Waals surface area contributed by atoms with E-state index in [0.29, 0.717) is 18.8 Å². The highest BCUT2D eigenvalue weighted by molar-refractivity contribution is 5.92. The second kappa shape index (κ2) is 4.25.